The van der Waals surface area contributed by atoms with Crippen LogP contribution in [0.2, 0.25) is 0 Å². The Morgan fingerprint density at radius 2 is 1.59 bits per heavy atom. The highest BCUT2D eigenvalue weighted by Gasteiger charge is 2.28. The summed E-state index contributed by atoms with van der Waals surface area (Å²) in [6.07, 6.45) is 1.47. The van der Waals surface area contributed by atoms with Crippen LogP contribution in [-0.2, 0) is 10.2 Å². The molecular weight excluding hydrogens is 240 g/mol. The summed E-state index contributed by atoms with van der Waals surface area (Å²) in [7, 11) is -3.51. The van der Waals surface area contributed by atoms with Crippen molar-refractivity contribution in [2.45, 2.75) is 53.0 Å². The average Bonchev–Trinajstić information content (AvgIpc) is 2.17. The standard InChI is InChI=1S/C11H26N2O3S/c1-6-11(7-2,9-14)8-12-17(15,16)13-10(3,4)5/h12-14H,6-9H2,1-5H3. The van der Waals surface area contributed by atoms with Crippen molar-refractivity contribution >= 4 is 10.2 Å². The van der Waals surface area contributed by atoms with Gasteiger partial charge < -0.3 is 5.11 Å². The molecule has 0 unspecified atom stereocenters. The van der Waals surface area contributed by atoms with E-state index in [0.29, 0.717) is 0 Å². The normalized spacial score (nSPS) is 14.0. The molecule has 5 nitrogen and oxygen atoms in total. The molecule has 0 aromatic carbocycles. The maximum absolute atomic E-state index is 11.7. The largest absolute Gasteiger partial charge is 0.396 e. The lowest BCUT2D eigenvalue weighted by molar-refractivity contribution is 0.119. The highest BCUT2D eigenvalue weighted by molar-refractivity contribution is 7.87. The van der Waals surface area contributed by atoms with Crippen molar-refractivity contribution in [1.29, 1.82) is 0 Å². The van der Waals surface area contributed by atoms with Gasteiger partial charge in [-0.25, -0.2) is 4.72 Å². The Balaban J connectivity index is 4.55. The lowest BCUT2D eigenvalue weighted by atomic mass is 9.84. The van der Waals surface area contributed by atoms with Crippen molar-refractivity contribution in [2.24, 2.45) is 5.41 Å². The summed E-state index contributed by atoms with van der Waals surface area (Å²) in [5.74, 6) is 0. The minimum atomic E-state index is -3.51. The molecule has 0 aliphatic carbocycles. The summed E-state index contributed by atoms with van der Waals surface area (Å²) in [4.78, 5) is 0. The first kappa shape index (κ1) is 16.8. The molecule has 0 aromatic rings. The summed E-state index contributed by atoms with van der Waals surface area (Å²) in [5, 5.41) is 9.35. The molecular formula is C11H26N2O3S. The molecule has 3 N–H and O–H groups in total. The molecule has 0 spiro atoms. The van der Waals surface area contributed by atoms with Gasteiger partial charge in [0.15, 0.2) is 0 Å². The fourth-order valence-corrected chi connectivity index (χ4v) is 2.84. The van der Waals surface area contributed by atoms with Crippen LogP contribution in [0.15, 0.2) is 0 Å². The molecule has 0 radical (unpaired) electrons. The summed E-state index contributed by atoms with van der Waals surface area (Å²) in [6.45, 7) is 9.48. The molecule has 0 amide bonds. The predicted molar refractivity (Wildman–Crippen MR) is 69.9 cm³/mol. The summed E-state index contributed by atoms with van der Waals surface area (Å²) >= 11 is 0. The predicted octanol–water partition coefficient (Wildman–Crippen LogP) is 1.01. The third-order valence-corrected chi connectivity index (χ3v) is 4.32. The van der Waals surface area contributed by atoms with Gasteiger partial charge >= 0.3 is 0 Å². The van der Waals surface area contributed by atoms with E-state index < -0.39 is 15.7 Å². The van der Waals surface area contributed by atoms with E-state index in [9.17, 15) is 13.5 Å². The molecule has 0 saturated heterocycles. The number of hydrogen-bond acceptors (Lipinski definition) is 3. The van der Waals surface area contributed by atoms with Crippen LogP contribution in [0.5, 0.6) is 0 Å². The molecule has 6 heteroatoms. The maximum Gasteiger partial charge on any atom is 0.277 e. The van der Waals surface area contributed by atoms with E-state index in [1.54, 1.807) is 20.8 Å². The topological polar surface area (TPSA) is 78.4 Å². The summed E-state index contributed by atoms with van der Waals surface area (Å²) < 4.78 is 28.5. The van der Waals surface area contributed by atoms with Crippen LogP contribution in [0.4, 0.5) is 0 Å². The smallest absolute Gasteiger partial charge is 0.277 e. The third kappa shape index (κ3) is 6.35. The molecule has 17 heavy (non-hydrogen) atoms. The zero-order chi connectivity index (χ0) is 13.7. The van der Waals surface area contributed by atoms with Crippen LogP contribution in [0.25, 0.3) is 0 Å². The van der Waals surface area contributed by atoms with Gasteiger partial charge in [-0.15, -0.1) is 0 Å². The average molecular weight is 266 g/mol. The molecule has 0 fully saturated rings. The molecule has 0 heterocycles. The Hall–Kier alpha value is -0.170. The van der Waals surface area contributed by atoms with Crippen molar-refractivity contribution in [3.8, 4) is 0 Å². The van der Waals surface area contributed by atoms with Crippen molar-refractivity contribution in [1.82, 2.24) is 9.44 Å². The van der Waals surface area contributed by atoms with Gasteiger partial charge in [-0.1, -0.05) is 13.8 Å². The van der Waals surface area contributed by atoms with Crippen LogP contribution in [0.1, 0.15) is 47.5 Å². The monoisotopic (exact) mass is 266 g/mol. The molecule has 0 aliphatic rings. The second-order valence-electron chi connectivity index (χ2n) is 5.54. The van der Waals surface area contributed by atoms with Crippen LogP contribution < -0.4 is 9.44 Å². The SMILES string of the molecule is CCC(CC)(CO)CNS(=O)(=O)NC(C)(C)C. The Morgan fingerprint density at radius 1 is 1.12 bits per heavy atom. The van der Waals surface area contributed by atoms with Crippen molar-refractivity contribution in [3.05, 3.63) is 0 Å². The minimum absolute atomic E-state index is 0.0158. The molecule has 0 bridgehead atoms. The zero-order valence-corrected chi connectivity index (χ0v) is 12.3. The van der Waals surface area contributed by atoms with Crippen molar-refractivity contribution in [3.63, 3.8) is 0 Å². The van der Waals surface area contributed by atoms with Gasteiger partial charge in [0.1, 0.15) is 0 Å². The van der Waals surface area contributed by atoms with E-state index in [1.165, 1.54) is 0 Å². The van der Waals surface area contributed by atoms with E-state index in [1.807, 2.05) is 13.8 Å². The van der Waals surface area contributed by atoms with Gasteiger partial charge in [0.2, 0.25) is 0 Å². The summed E-state index contributed by atoms with van der Waals surface area (Å²) in [5.41, 5.74) is -0.876. The number of hydrogen-bond donors (Lipinski definition) is 3. The molecule has 0 saturated carbocycles. The van der Waals surface area contributed by atoms with Gasteiger partial charge in [0, 0.05) is 24.1 Å². The fourth-order valence-electron chi connectivity index (χ4n) is 1.47. The fraction of sp³-hybridized carbons (Fsp3) is 1.00. The number of nitrogens with one attached hydrogen (secondary N) is 2. The Labute approximate surface area is 105 Å². The van der Waals surface area contributed by atoms with E-state index >= 15 is 0 Å². The lowest BCUT2D eigenvalue weighted by Crippen LogP contribution is -2.50. The second kappa shape index (κ2) is 6.13. The highest BCUT2D eigenvalue weighted by Crippen LogP contribution is 2.24. The van der Waals surface area contributed by atoms with E-state index in [2.05, 4.69) is 9.44 Å². The molecule has 0 aromatic heterocycles. The first-order valence-electron chi connectivity index (χ1n) is 5.99. The van der Waals surface area contributed by atoms with Crippen LogP contribution in [0, 0.1) is 5.41 Å². The van der Waals surface area contributed by atoms with E-state index in [0.717, 1.165) is 12.8 Å². The van der Waals surface area contributed by atoms with Crippen molar-refractivity contribution < 1.29 is 13.5 Å². The number of aliphatic hydroxyl groups excluding tert-OH is 1. The van der Waals surface area contributed by atoms with Gasteiger partial charge in [-0.05, 0) is 33.6 Å². The molecule has 0 aliphatic heterocycles. The van der Waals surface area contributed by atoms with Gasteiger partial charge in [-0.2, -0.15) is 13.1 Å². The second-order valence-corrected chi connectivity index (χ2v) is 7.04. The molecule has 0 rings (SSSR count). The van der Waals surface area contributed by atoms with Crippen molar-refractivity contribution in [2.75, 3.05) is 13.2 Å². The minimum Gasteiger partial charge on any atom is -0.396 e. The first-order chi connectivity index (χ1) is 7.60. The molecule has 104 valence electrons. The number of aliphatic hydroxyl groups is 1. The zero-order valence-electron chi connectivity index (χ0n) is 11.5. The van der Waals surface area contributed by atoms with Gasteiger partial charge in [-0.3, -0.25) is 0 Å². The summed E-state index contributed by atoms with van der Waals surface area (Å²) in [6, 6.07) is 0. The lowest BCUT2D eigenvalue weighted by Gasteiger charge is -2.30. The van der Waals surface area contributed by atoms with Crippen LogP contribution >= 0.6 is 0 Å². The van der Waals surface area contributed by atoms with Crippen LogP contribution in [-0.4, -0.2) is 32.2 Å². The number of rotatable bonds is 7. The first-order valence-corrected chi connectivity index (χ1v) is 7.47. The quantitative estimate of drug-likeness (QED) is 0.643. The Bertz CT molecular complexity index is 308. The Morgan fingerprint density at radius 3 is 1.88 bits per heavy atom. The highest BCUT2D eigenvalue weighted by atomic mass is 32.2. The maximum atomic E-state index is 11.7. The van der Waals surface area contributed by atoms with Crippen LogP contribution in [0.3, 0.4) is 0 Å². The van der Waals surface area contributed by atoms with Gasteiger partial charge in [0.05, 0.1) is 0 Å². The molecule has 0 atom stereocenters. The Kier molecular flexibility index (Phi) is 6.07. The van der Waals surface area contributed by atoms with E-state index in [4.69, 9.17) is 0 Å². The van der Waals surface area contributed by atoms with Gasteiger partial charge in [0.25, 0.3) is 10.2 Å². The van der Waals surface area contributed by atoms with E-state index in [-0.39, 0.29) is 18.6 Å². The third-order valence-electron chi connectivity index (χ3n) is 2.91.